The summed E-state index contributed by atoms with van der Waals surface area (Å²) >= 11 is 0. The number of carbonyl (C=O) groups is 1. The van der Waals surface area contributed by atoms with E-state index in [-0.39, 0.29) is 5.78 Å². The van der Waals surface area contributed by atoms with Gasteiger partial charge in [-0.2, -0.15) is 10.2 Å². The van der Waals surface area contributed by atoms with E-state index in [9.17, 15) is 4.79 Å². The highest BCUT2D eigenvalue weighted by Gasteiger charge is 2.06. The van der Waals surface area contributed by atoms with Crippen LogP contribution in [0.3, 0.4) is 0 Å². The van der Waals surface area contributed by atoms with Gasteiger partial charge in [-0.15, -0.1) is 0 Å². The molecule has 2 aromatic heterocycles. The van der Waals surface area contributed by atoms with Crippen LogP contribution in [0.2, 0.25) is 0 Å². The molecule has 2 aromatic rings. The minimum absolute atomic E-state index is 0.137. The van der Waals surface area contributed by atoms with Gasteiger partial charge in [0.2, 0.25) is 0 Å². The van der Waals surface area contributed by atoms with Gasteiger partial charge < -0.3 is 0 Å². The lowest BCUT2D eigenvalue weighted by atomic mass is 10.2. The van der Waals surface area contributed by atoms with Gasteiger partial charge in [0.15, 0.2) is 5.78 Å². The zero-order valence-corrected chi connectivity index (χ0v) is 10.1. The summed E-state index contributed by atoms with van der Waals surface area (Å²) in [5, 5.41) is 8.28. The van der Waals surface area contributed by atoms with Gasteiger partial charge in [-0.1, -0.05) is 6.92 Å². The zero-order valence-electron chi connectivity index (χ0n) is 10.1. The molecule has 0 unspecified atom stereocenters. The van der Waals surface area contributed by atoms with Gasteiger partial charge in [-0.3, -0.25) is 14.2 Å². The quantitative estimate of drug-likeness (QED) is 0.733. The average molecular weight is 232 g/mol. The van der Waals surface area contributed by atoms with Crippen molar-refractivity contribution in [3.63, 3.8) is 0 Å². The van der Waals surface area contributed by atoms with Crippen LogP contribution in [0.1, 0.15) is 29.3 Å². The first kappa shape index (κ1) is 11.6. The SMILES string of the molecule is CCC(=O)c1cnn(CCc2cnn(C)c2)c1. The van der Waals surface area contributed by atoms with Crippen molar-refractivity contribution in [3.05, 3.63) is 35.9 Å². The third-order valence-electron chi connectivity index (χ3n) is 2.66. The van der Waals surface area contributed by atoms with Crippen LogP contribution in [0.4, 0.5) is 0 Å². The van der Waals surface area contributed by atoms with E-state index >= 15 is 0 Å². The third-order valence-corrected chi connectivity index (χ3v) is 2.66. The Bertz CT molecular complexity index is 512. The third kappa shape index (κ3) is 2.81. The molecular weight excluding hydrogens is 216 g/mol. The van der Waals surface area contributed by atoms with Gasteiger partial charge in [-0.25, -0.2) is 0 Å². The lowest BCUT2D eigenvalue weighted by Crippen LogP contribution is -2.01. The fourth-order valence-electron chi connectivity index (χ4n) is 1.68. The van der Waals surface area contributed by atoms with Crippen molar-refractivity contribution in [2.24, 2.45) is 7.05 Å². The van der Waals surface area contributed by atoms with E-state index in [1.807, 2.05) is 32.6 Å². The van der Waals surface area contributed by atoms with Gasteiger partial charge in [0.05, 0.1) is 18.0 Å². The Morgan fingerprint density at radius 1 is 1.29 bits per heavy atom. The molecule has 0 aromatic carbocycles. The Kier molecular flexibility index (Phi) is 3.37. The van der Waals surface area contributed by atoms with Gasteiger partial charge in [0, 0.05) is 32.4 Å². The minimum Gasteiger partial charge on any atom is -0.294 e. The van der Waals surface area contributed by atoms with Crippen LogP contribution >= 0.6 is 0 Å². The predicted octanol–water partition coefficient (Wildman–Crippen LogP) is 1.45. The molecule has 0 fully saturated rings. The monoisotopic (exact) mass is 232 g/mol. The molecule has 0 radical (unpaired) electrons. The maximum Gasteiger partial charge on any atom is 0.165 e. The molecule has 0 saturated heterocycles. The number of Topliss-reactive ketones (excluding diaryl/α,β-unsaturated/α-hetero) is 1. The van der Waals surface area contributed by atoms with Crippen molar-refractivity contribution in [2.45, 2.75) is 26.3 Å². The number of aryl methyl sites for hydroxylation is 3. The Morgan fingerprint density at radius 2 is 2.12 bits per heavy atom. The molecular formula is C12H16N4O. The number of rotatable bonds is 5. The topological polar surface area (TPSA) is 52.7 Å². The van der Waals surface area contributed by atoms with E-state index in [1.165, 1.54) is 5.56 Å². The van der Waals surface area contributed by atoms with E-state index in [1.54, 1.807) is 15.6 Å². The molecule has 17 heavy (non-hydrogen) atoms. The number of carbonyl (C=O) groups excluding carboxylic acids is 1. The van der Waals surface area contributed by atoms with Crippen molar-refractivity contribution in [1.29, 1.82) is 0 Å². The average Bonchev–Trinajstić information content (AvgIpc) is 2.94. The number of ketones is 1. The summed E-state index contributed by atoms with van der Waals surface area (Å²) in [6.07, 6.45) is 8.67. The first-order valence-electron chi connectivity index (χ1n) is 5.72. The number of nitrogens with zero attached hydrogens (tertiary/aromatic N) is 4. The van der Waals surface area contributed by atoms with Gasteiger partial charge >= 0.3 is 0 Å². The van der Waals surface area contributed by atoms with Crippen molar-refractivity contribution in [3.8, 4) is 0 Å². The highest BCUT2D eigenvalue weighted by molar-refractivity contribution is 5.95. The van der Waals surface area contributed by atoms with Crippen LogP contribution in [-0.4, -0.2) is 25.3 Å². The highest BCUT2D eigenvalue weighted by Crippen LogP contribution is 2.04. The Balaban J connectivity index is 1.95. The van der Waals surface area contributed by atoms with Crippen LogP contribution in [0.15, 0.2) is 24.8 Å². The number of hydrogen-bond acceptors (Lipinski definition) is 3. The summed E-state index contributed by atoms with van der Waals surface area (Å²) < 4.78 is 3.58. The Labute approximate surface area is 100 Å². The Morgan fingerprint density at radius 3 is 2.76 bits per heavy atom. The van der Waals surface area contributed by atoms with E-state index in [0.29, 0.717) is 12.0 Å². The summed E-state index contributed by atoms with van der Waals surface area (Å²) in [7, 11) is 1.90. The fraction of sp³-hybridized carbons (Fsp3) is 0.417. The summed E-state index contributed by atoms with van der Waals surface area (Å²) in [6.45, 7) is 2.62. The molecule has 0 atom stereocenters. The van der Waals surface area contributed by atoms with Gasteiger partial charge in [0.25, 0.3) is 0 Å². The molecule has 2 heterocycles. The standard InChI is InChI=1S/C12H16N4O/c1-3-12(17)11-7-14-16(9-11)5-4-10-6-13-15(2)8-10/h6-9H,3-5H2,1-2H3. The Hall–Kier alpha value is -1.91. The fourth-order valence-corrected chi connectivity index (χ4v) is 1.68. The molecule has 2 rings (SSSR count). The second-order valence-electron chi connectivity index (χ2n) is 4.04. The smallest absolute Gasteiger partial charge is 0.165 e. The molecule has 0 aliphatic carbocycles. The molecule has 0 bridgehead atoms. The predicted molar refractivity (Wildman–Crippen MR) is 63.8 cm³/mol. The first-order chi connectivity index (χ1) is 8.19. The van der Waals surface area contributed by atoms with E-state index in [0.717, 1.165) is 13.0 Å². The summed E-state index contributed by atoms with van der Waals surface area (Å²) in [6, 6.07) is 0. The van der Waals surface area contributed by atoms with Crippen molar-refractivity contribution in [1.82, 2.24) is 19.6 Å². The second-order valence-corrected chi connectivity index (χ2v) is 4.04. The van der Waals surface area contributed by atoms with Crippen molar-refractivity contribution >= 4 is 5.78 Å². The summed E-state index contributed by atoms with van der Waals surface area (Å²) in [5.41, 5.74) is 1.87. The van der Waals surface area contributed by atoms with Crippen LogP contribution < -0.4 is 0 Å². The molecule has 0 saturated carbocycles. The lowest BCUT2D eigenvalue weighted by Gasteiger charge is -1.98. The summed E-state index contributed by atoms with van der Waals surface area (Å²) in [5.74, 6) is 0.137. The van der Waals surface area contributed by atoms with Gasteiger partial charge in [0.1, 0.15) is 0 Å². The maximum atomic E-state index is 11.4. The molecule has 5 nitrogen and oxygen atoms in total. The highest BCUT2D eigenvalue weighted by atomic mass is 16.1. The van der Waals surface area contributed by atoms with Crippen LogP contribution in [0, 0.1) is 0 Å². The molecule has 0 amide bonds. The largest absolute Gasteiger partial charge is 0.294 e. The first-order valence-corrected chi connectivity index (χ1v) is 5.72. The van der Waals surface area contributed by atoms with Crippen molar-refractivity contribution < 1.29 is 4.79 Å². The normalized spacial score (nSPS) is 10.7. The molecule has 90 valence electrons. The van der Waals surface area contributed by atoms with E-state index in [2.05, 4.69) is 10.2 Å². The van der Waals surface area contributed by atoms with Crippen LogP contribution in [-0.2, 0) is 20.0 Å². The van der Waals surface area contributed by atoms with Crippen molar-refractivity contribution in [2.75, 3.05) is 0 Å². The number of hydrogen-bond donors (Lipinski definition) is 0. The summed E-state index contributed by atoms with van der Waals surface area (Å²) in [4.78, 5) is 11.4. The number of aromatic nitrogens is 4. The second kappa shape index (κ2) is 4.95. The molecule has 0 aliphatic rings. The van der Waals surface area contributed by atoms with Crippen LogP contribution in [0.25, 0.3) is 0 Å². The maximum absolute atomic E-state index is 11.4. The van der Waals surface area contributed by atoms with E-state index < -0.39 is 0 Å². The van der Waals surface area contributed by atoms with Gasteiger partial charge in [-0.05, 0) is 12.0 Å². The molecule has 0 N–H and O–H groups in total. The molecule has 5 heteroatoms. The van der Waals surface area contributed by atoms with E-state index in [4.69, 9.17) is 0 Å². The zero-order chi connectivity index (χ0) is 12.3. The molecule has 0 aliphatic heterocycles. The minimum atomic E-state index is 0.137. The van der Waals surface area contributed by atoms with Crippen LogP contribution in [0.5, 0.6) is 0 Å². The lowest BCUT2D eigenvalue weighted by molar-refractivity contribution is 0.0988. The molecule has 0 spiro atoms.